The zero-order valence-corrected chi connectivity index (χ0v) is 25.3. The van der Waals surface area contributed by atoms with E-state index in [0.717, 1.165) is 0 Å². The number of hydrogen-bond acceptors (Lipinski definition) is 0. The Morgan fingerprint density at radius 1 is 0.217 bits per heavy atom. The summed E-state index contributed by atoms with van der Waals surface area (Å²) in [6.07, 6.45) is 0. The van der Waals surface area contributed by atoms with E-state index in [1.807, 2.05) is 0 Å². The van der Waals surface area contributed by atoms with Gasteiger partial charge < -0.3 is 0 Å². The molecule has 0 aliphatic heterocycles. The first-order chi connectivity index (χ1) is 22.8. The average Bonchev–Trinajstić information content (AvgIpc) is 3.14. The summed E-state index contributed by atoms with van der Waals surface area (Å²) in [5.74, 6) is 0. The van der Waals surface area contributed by atoms with Crippen LogP contribution in [0.2, 0.25) is 0 Å². The molecule has 0 fully saturated rings. The van der Waals surface area contributed by atoms with E-state index in [2.05, 4.69) is 182 Å². The maximum absolute atomic E-state index is 2.41. The van der Waals surface area contributed by atoms with Crippen molar-refractivity contribution in [1.29, 1.82) is 0 Å². The molecule has 9 rings (SSSR count). The first-order valence-electron chi connectivity index (χ1n) is 15.9. The smallest absolute Gasteiger partial charge is 0.00261 e. The van der Waals surface area contributed by atoms with Gasteiger partial charge >= 0.3 is 0 Å². The Bertz CT molecular complexity index is 2480. The molecule has 0 saturated carbocycles. The molecule has 0 amide bonds. The lowest BCUT2D eigenvalue weighted by atomic mass is 9.84. The molecule has 0 saturated heterocycles. The Kier molecular flexibility index (Phi) is 6.25. The third-order valence-corrected chi connectivity index (χ3v) is 9.45. The van der Waals surface area contributed by atoms with Gasteiger partial charge in [-0.25, -0.2) is 0 Å². The van der Waals surface area contributed by atoms with Gasteiger partial charge in [-0.3, -0.25) is 0 Å². The van der Waals surface area contributed by atoms with Crippen molar-refractivity contribution in [2.75, 3.05) is 0 Å². The number of rotatable bonds is 4. The molecule has 46 heavy (non-hydrogen) atoms. The molecule has 0 aliphatic carbocycles. The molecule has 0 aromatic heterocycles. The standard InChI is InChI=1S/C46H30/c1-3-13-31(14-4-1)32-23-25-34(26-24-32)45-39-19-9-11-21-41(39)46(42-22-12-10-20-40(42)45)36-28-27-35-29-43(33-15-5-2-6-16-33)37-17-7-8-18-38(37)44(35)30-36/h1-30H. The van der Waals surface area contributed by atoms with Crippen molar-refractivity contribution in [2.24, 2.45) is 0 Å². The summed E-state index contributed by atoms with van der Waals surface area (Å²) in [7, 11) is 0. The molecule has 0 heterocycles. The largest absolute Gasteiger partial charge is 0.0622 e. The zero-order valence-electron chi connectivity index (χ0n) is 25.3. The Balaban J connectivity index is 1.28. The van der Waals surface area contributed by atoms with E-state index < -0.39 is 0 Å². The van der Waals surface area contributed by atoms with Crippen molar-refractivity contribution >= 4 is 43.1 Å². The molecule has 9 aromatic rings. The van der Waals surface area contributed by atoms with Crippen LogP contribution in [0.1, 0.15) is 0 Å². The van der Waals surface area contributed by atoms with Gasteiger partial charge in [-0.1, -0.05) is 170 Å². The Morgan fingerprint density at radius 2 is 0.630 bits per heavy atom. The summed E-state index contributed by atoms with van der Waals surface area (Å²) >= 11 is 0. The molecule has 9 aromatic carbocycles. The van der Waals surface area contributed by atoms with Crippen LogP contribution in [0.4, 0.5) is 0 Å². The topological polar surface area (TPSA) is 0 Å². The van der Waals surface area contributed by atoms with Crippen LogP contribution in [0.5, 0.6) is 0 Å². The second kappa shape index (κ2) is 10.9. The predicted octanol–water partition coefficient (Wildman–Crippen LogP) is 13.0. The van der Waals surface area contributed by atoms with Gasteiger partial charge in [0.05, 0.1) is 0 Å². The highest BCUT2D eigenvalue weighted by Crippen LogP contribution is 2.45. The Morgan fingerprint density at radius 3 is 1.22 bits per heavy atom. The summed E-state index contributed by atoms with van der Waals surface area (Å²) in [6, 6.07) is 66.5. The molecule has 0 atom stereocenters. The first-order valence-corrected chi connectivity index (χ1v) is 15.9. The molecule has 0 radical (unpaired) electrons. The number of benzene rings is 9. The van der Waals surface area contributed by atoms with E-state index in [-0.39, 0.29) is 0 Å². The highest BCUT2D eigenvalue weighted by molar-refractivity contribution is 6.22. The third-order valence-electron chi connectivity index (χ3n) is 9.45. The average molecular weight is 583 g/mol. The van der Waals surface area contributed by atoms with Gasteiger partial charge in [-0.15, -0.1) is 0 Å². The van der Waals surface area contributed by atoms with Crippen LogP contribution >= 0.6 is 0 Å². The lowest BCUT2D eigenvalue weighted by molar-refractivity contribution is 1.61. The molecule has 0 heteroatoms. The van der Waals surface area contributed by atoms with E-state index in [4.69, 9.17) is 0 Å². The van der Waals surface area contributed by atoms with Crippen LogP contribution in [0, 0.1) is 0 Å². The fourth-order valence-corrected chi connectivity index (χ4v) is 7.32. The maximum atomic E-state index is 2.41. The molecule has 0 bridgehead atoms. The summed E-state index contributed by atoms with van der Waals surface area (Å²) in [4.78, 5) is 0. The van der Waals surface area contributed by atoms with Crippen LogP contribution in [0.3, 0.4) is 0 Å². The molecular weight excluding hydrogens is 553 g/mol. The monoisotopic (exact) mass is 582 g/mol. The van der Waals surface area contributed by atoms with Crippen LogP contribution < -0.4 is 0 Å². The van der Waals surface area contributed by atoms with Crippen molar-refractivity contribution in [3.8, 4) is 44.5 Å². The lowest BCUT2D eigenvalue weighted by Crippen LogP contribution is -1.91. The molecule has 0 N–H and O–H groups in total. The Hall–Kier alpha value is -5.98. The van der Waals surface area contributed by atoms with Crippen molar-refractivity contribution in [1.82, 2.24) is 0 Å². The van der Waals surface area contributed by atoms with Gasteiger partial charge in [-0.2, -0.15) is 0 Å². The van der Waals surface area contributed by atoms with Gasteiger partial charge in [0.1, 0.15) is 0 Å². The molecular formula is C46H30. The lowest BCUT2D eigenvalue weighted by Gasteiger charge is -2.19. The minimum atomic E-state index is 1.23. The van der Waals surface area contributed by atoms with Crippen LogP contribution in [-0.4, -0.2) is 0 Å². The second-order valence-electron chi connectivity index (χ2n) is 12.1. The molecule has 214 valence electrons. The number of fused-ring (bicyclic) bond motifs is 5. The van der Waals surface area contributed by atoms with Gasteiger partial charge in [-0.05, 0) is 99.7 Å². The fraction of sp³-hybridized carbons (Fsp3) is 0. The Labute approximate surface area is 268 Å². The molecule has 0 nitrogen and oxygen atoms in total. The van der Waals surface area contributed by atoms with Gasteiger partial charge in [0.2, 0.25) is 0 Å². The molecule has 0 spiro atoms. The van der Waals surface area contributed by atoms with Gasteiger partial charge in [0.15, 0.2) is 0 Å². The van der Waals surface area contributed by atoms with Gasteiger partial charge in [0, 0.05) is 0 Å². The second-order valence-corrected chi connectivity index (χ2v) is 12.1. The first kappa shape index (κ1) is 26.4. The third kappa shape index (κ3) is 4.30. The highest BCUT2D eigenvalue weighted by atomic mass is 14.2. The summed E-state index contributed by atoms with van der Waals surface area (Å²) in [5.41, 5.74) is 10.0. The van der Waals surface area contributed by atoms with E-state index in [9.17, 15) is 0 Å². The molecule has 0 unspecified atom stereocenters. The van der Waals surface area contributed by atoms with Crippen molar-refractivity contribution in [3.05, 3.63) is 182 Å². The van der Waals surface area contributed by atoms with E-state index in [0.29, 0.717) is 0 Å². The highest BCUT2D eigenvalue weighted by Gasteiger charge is 2.17. The van der Waals surface area contributed by atoms with Crippen LogP contribution in [0.25, 0.3) is 87.6 Å². The van der Waals surface area contributed by atoms with Crippen LogP contribution in [0.15, 0.2) is 182 Å². The normalized spacial score (nSPS) is 11.5. The SMILES string of the molecule is c1ccc(-c2ccc(-c3c4ccccc4c(-c4ccc5cc(-c6ccccc6)c6ccccc6c5c4)c4ccccc34)cc2)cc1. The van der Waals surface area contributed by atoms with Gasteiger partial charge in [0.25, 0.3) is 0 Å². The molecule has 0 aliphatic rings. The quantitative estimate of drug-likeness (QED) is 0.143. The van der Waals surface area contributed by atoms with Crippen LogP contribution in [-0.2, 0) is 0 Å². The van der Waals surface area contributed by atoms with E-state index in [1.165, 1.54) is 87.6 Å². The van der Waals surface area contributed by atoms with Crippen molar-refractivity contribution < 1.29 is 0 Å². The van der Waals surface area contributed by atoms with E-state index >= 15 is 0 Å². The zero-order chi connectivity index (χ0) is 30.5. The summed E-state index contributed by atoms with van der Waals surface area (Å²) in [5, 5.41) is 10.2. The van der Waals surface area contributed by atoms with E-state index in [1.54, 1.807) is 0 Å². The minimum absolute atomic E-state index is 1.23. The summed E-state index contributed by atoms with van der Waals surface area (Å²) < 4.78 is 0. The van der Waals surface area contributed by atoms with Crippen molar-refractivity contribution in [3.63, 3.8) is 0 Å². The minimum Gasteiger partial charge on any atom is -0.0622 e. The van der Waals surface area contributed by atoms with Crippen molar-refractivity contribution in [2.45, 2.75) is 0 Å². The summed E-state index contributed by atoms with van der Waals surface area (Å²) in [6.45, 7) is 0. The number of hydrogen-bond donors (Lipinski definition) is 0. The maximum Gasteiger partial charge on any atom is -0.00261 e. The predicted molar refractivity (Wildman–Crippen MR) is 198 cm³/mol. The fourth-order valence-electron chi connectivity index (χ4n) is 7.32.